The number of aryl methyl sites for hydroxylation is 1. The van der Waals surface area contributed by atoms with Gasteiger partial charge in [-0.3, -0.25) is 4.79 Å². The predicted octanol–water partition coefficient (Wildman–Crippen LogP) is 3.39. The molecule has 0 aliphatic carbocycles. The van der Waals surface area contributed by atoms with Gasteiger partial charge in [0.15, 0.2) is 5.78 Å². The zero-order valence-corrected chi connectivity index (χ0v) is 14.6. The van der Waals surface area contributed by atoms with Crippen molar-refractivity contribution < 1.29 is 27.6 Å². The minimum atomic E-state index is -4.50. The third-order valence-electron chi connectivity index (χ3n) is 4.53. The molecule has 0 saturated carbocycles. The van der Waals surface area contributed by atoms with Crippen molar-refractivity contribution in [2.24, 2.45) is 0 Å². The quantitative estimate of drug-likeness (QED) is 0.673. The summed E-state index contributed by atoms with van der Waals surface area (Å²) in [7, 11) is -1.08. The molecule has 0 unspecified atom stereocenters. The van der Waals surface area contributed by atoms with Crippen molar-refractivity contribution in [1.82, 2.24) is 0 Å². The number of hydrogen-bond acceptors (Lipinski definition) is 3. The minimum absolute atomic E-state index is 0.0231. The Balaban J connectivity index is 1.88. The number of halogens is 3. The number of Topliss-reactive ketones (excluding diaryl/α,β-unsaturated/α-hetero) is 1. The van der Waals surface area contributed by atoms with Gasteiger partial charge in [0.05, 0.1) is 11.2 Å². The van der Waals surface area contributed by atoms with Crippen molar-refractivity contribution in [2.45, 2.75) is 39.0 Å². The molecule has 1 aliphatic rings. The van der Waals surface area contributed by atoms with Crippen LogP contribution < -0.4 is 5.46 Å². The Hall–Kier alpha value is -2.12. The van der Waals surface area contributed by atoms with Crippen LogP contribution in [0, 0.1) is 6.92 Å². The Morgan fingerprint density at radius 3 is 2.54 bits per heavy atom. The highest BCUT2D eigenvalue weighted by molar-refractivity contribution is 6.62. The molecule has 0 bridgehead atoms. The van der Waals surface area contributed by atoms with Crippen molar-refractivity contribution in [3.05, 3.63) is 64.2 Å². The van der Waals surface area contributed by atoms with Gasteiger partial charge in [-0.1, -0.05) is 18.2 Å². The molecule has 0 aromatic heterocycles. The molecule has 0 radical (unpaired) electrons. The summed E-state index contributed by atoms with van der Waals surface area (Å²) >= 11 is 0. The van der Waals surface area contributed by atoms with E-state index in [1.54, 1.807) is 18.2 Å². The van der Waals surface area contributed by atoms with Crippen molar-refractivity contribution in [3.8, 4) is 0 Å². The second-order valence-corrected chi connectivity index (χ2v) is 7.09. The zero-order valence-electron chi connectivity index (χ0n) is 14.6. The molecule has 0 spiro atoms. The van der Waals surface area contributed by atoms with E-state index in [2.05, 4.69) is 0 Å². The first-order chi connectivity index (χ1) is 12.0. The van der Waals surface area contributed by atoms with Crippen LogP contribution in [0.1, 0.15) is 46.5 Å². The summed E-state index contributed by atoms with van der Waals surface area (Å²) in [6.45, 7) is 5.19. The summed E-state index contributed by atoms with van der Waals surface area (Å²) in [6.07, 6.45) is -4.55. The third kappa shape index (κ3) is 3.55. The molecule has 2 aromatic rings. The van der Waals surface area contributed by atoms with Crippen molar-refractivity contribution >= 4 is 18.4 Å². The lowest BCUT2D eigenvalue weighted by Gasteiger charge is -2.19. The molecular weight excluding hydrogens is 344 g/mol. The number of benzene rings is 2. The van der Waals surface area contributed by atoms with Gasteiger partial charge < -0.3 is 9.68 Å². The summed E-state index contributed by atoms with van der Waals surface area (Å²) < 4.78 is 44.3. The topological polar surface area (TPSA) is 46.5 Å². The van der Waals surface area contributed by atoms with Gasteiger partial charge in [-0.25, -0.2) is 0 Å². The molecule has 136 valence electrons. The molecule has 0 saturated heterocycles. The normalized spacial score (nSPS) is 15.9. The third-order valence-corrected chi connectivity index (χ3v) is 4.53. The van der Waals surface area contributed by atoms with Crippen LogP contribution in [-0.2, 0) is 22.9 Å². The lowest BCUT2D eigenvalue weighted by Crippen LogP contribution is -2.29. The van der Waals surface area contributed by atoms with E-state index in [1.807, 2.05) is 13.8 Å². The Labute approximate surface area is 149 Å². The van der Waals surface area contributed by atoms with E-state index in [0.717, 1.165) is 17.7 Å². The molecule has 0 amide bonds. The highest BCUT2D eigenvalue weighted by Crippen LogP contribution is 2.32. The lowest BCUT2D eigenvalue weighted by atomic mass is 9.77. The van der Waals surface area contributed by atoms with Crippen LogP contribution in [-0.4, -0.2) is 17.9 Å². The number of alkyl halides is 3. The van der Waals surface area contributed by atoms with Crippen molar-refractivity contribution in [1.29, 1.82) is 0 Å². The van der Waals surface area contributed by atoms with E-state index in [4.69, 9.17) is 4.65 Å². The van der Waals surface area contributed by atoms with Crippen LogP contribution in [0.4, 0.5) is 13.2 Å². The first-order valence-electron chi connectivity index (χ1n) is 8.18. The van der Waals surface area contributed by atoms with Crippen LogP contribution in [0.5, 0.6) is 0 Å². The lowest BCUT2D eigenvalue weighted by molar-refractivity contribution is -0.137. The summed E-state index contributed by atoms with van der Waals surface area (Å²) in [5.74, 6) is -0.410. The maximum Gasteiger partial charge on any atom is 0.492 e. The molecule has 0 fully saturated rings. The second-order valence-electron chi connectivity index (χ2n) is 7.09. The van der Waals surface area contributed by atoms with E-state index >= 15 is 0 Å². The van der Waals surface area contributed by atoms with Gasteiger partial charge in [0.25, 0.3) is 0 Å². The highest BCUT2D eigenvalue weighted by atomic mass is 19.4. The van der Waals surface area contributed by atoms with Gasteiger partial charge in [-0.15, -0.1) is 0 Å². The fraction of sp³-hybridized carbons (Fsp3) is 0.316. The number of carbonyl (C=O) groups excluding carboxylic acids is 1. The van der Waals surface area contributed by atoms with Crippen molar-refractivity contribution in [2.75, 3.05) is 0 Å². The molecular formula is C19H18BF3O3. The number of ketones is 1. The minimum Gasteiger partial charge on any atom is -0.423 e. The van der Waals surface area contributed by atoms with Crippen LogP contribution >= 0.6 is 0 Å². The number of carbonyl (C=O) groups is 1. The number of rotatable bonds is 3. The van der Waals surface area contributed by atoms with Crippen molar-refractivity contribution in [3.63, 3.8) is 0 Å². The van der Waals surface area contributed by atoms with Crippen LogP contribution in [0.15, 0.2) is 36.4 Å². The van der Waals surface area contributed by atoms with Gasteiger partial charge in [0, 0.05) is 12.0 Å². The van der Waals surface area contributed by atoms with E-state index < -0.39 is 30.2 Å². The van der Waals surface area contributed by atoms with E-state index in [-0.39, 0.29) is 12.0 Å². The van der Waals surface area contributed by atoms with E-state index in [0.29, 0.717) is 16.6 Å². The summed E-state index contributed by atoms with van der Waals surface area (Å²) in [5.41, 5.74) is 0.967. The maximum absolute atomic E-state index is 13.0. The van der Waals surface area contributed by atoms with Gasteiger partial charge in [-0.05, 0) is 61.1 Å². The van der Waals surface area contributed by atoms with Crippen LogP contribution in [0.2, 0.25) is 0 Å². The molecule has 0 atom stereocenters. The first kappa shape index (κ1) is 18.7. The Bertz CT molecular complexity index is 875. The Kier molecular flexibility index (Phi) is 4.49. The van der Waals surface area contributed by atoms with Gasteiger partial charge in [0.1, 0.15) is 0 Å². The smallest absolute Gasteiger partial charge is 0.423 e. The van der Waals surface area contributed by atoms with Crippen LogP contribution in [0.3, 0.4) is 0 Å². The van der Waals surface area contributed by atoms with Gasteiger partial charge in [0.2, 0.25) is 0 Å². The Morgan fingerprint density at radius 2 is 1.88 bits per heavy atom. The largest absolute Gasteiger partial charge is 0.492 e. The van der Waals surface area contributed by atoms with E-state index in [9.17, 15) is 23.0 Å². The SMILES string of the molecule is Cc1cc(C(=O)Cc2ccc3c(c2)B(O)OC3(C)C)cc(C(F)(F)F)c1. The summed E-state index contributed by atoms with van der Waals surface area (Å²) in [6, 6.07) is 8.54. The fourth-order valence-electron chi connectivity index (χ4n) is 3.28. The molecule has 1 aliphatic heterocycles. The summed E-state index contributed by atoms with van der Waals surface area (Å²) in [5, 5.41) is 10.0. The standard InChI is InChI=1S/C19H18BF3O3/c1-11-6-13(10-14(7-11)19(21,22)23)17(24)9-12-4-5-15-16(8-12)20(25)26-18(15,2)3/h4-8,10,25H,9H2,1-3H3. The molecule has 1 heterocycles. The zero-order chi connectivity index (χ0) is 19.3. The highest BCUT2D eigenvalue weighted by Gasteiger charge is 2.40. The van der Waals surface area contributed by atoms with Gasteiger partial charge in [-0.2, -0.15) is 13.2 Å². The van der Waals surface area contributed by atoms with E-state index in [1.165, 1.54) is 13.0 Å². The molecule has 3 nitrogen and oxygen atoms in total. The average Bonchev–Trinajstić information content (AvgIpc) is 2.75. The molecule has 2 aromatic carbocycles. The number of hydrogen-bond donors (Lipinski definition) is 1. The molecule has 26 heavy (non-hydrogen) atoms. The maximum atomic E-state index is 13.0. The Morgan fingerprint density at radius 1 is 1.19 bits per heavy atom. The summed E-state index contributed by atoms with van der Waals surface area (Å²) in [4.78, 5) is 12.5. The van der Waals surface area contributed by atoms with Gasteiger partial charge >= 0.3 is 13.3 Å². The molecule has 7 heteroatoms. The number of fused-ring (bicyclic) bond motifs is 1. The molecule has 3 rings (SSSR count). The fourth-order valence-corrected chi connectivity index (χ4v) is 3.28. The first-order valence-corrected chi connectivity index (χ1v) is 8.18. The van der Waals surface area contributed by atoms with Crippen LogP contribution in [0.25, 0.3) is 0 Å². The molecule has 1 N–H and O–H groups in total. The predicted molar refractivity (Wildman–Crippen MR) is 92.4 cm³/mol. The monoisotopic (exact) mass is 362 g/mol. The second kappa shape index (κ2) is 6.25. The average molecular weight is 362 g/mol.